The van der Waals surface area contributed by atoms with Crippen molar-refractivity contribution in [1.29, 1.82) is 0 Å². The number of hydrogen-bond donors (Lipinski definition) is 1. The fourth-order valence-electron chi connectivity index (χ4n) is 2.22. The van der Waals surface area contributed by atoms with Gasteiger partial charge in [-0.3, -0.25) is 4.68 Å². The Bertz CT molecular complexity index is 643. The van der Waals surface area contributed by atoms with E-state index in [0.717, 1.165) is 41.8 Å². The molecule has 0 saturated heterocycles. The molecule has 2 heterocycles. The highest BCUT2D eigenvalue weighted by Gasteiger charge is 2.10. The molecule has 0 aliphatic carbocycles. The van der Waals surface area contributed by atoms with E-state index in [4.69, 9.17) is 11.6 Å². The maximum atomic E-state index is 6.30. The Hall–Kier alpha value is -1.39. The van der Waals surface area contributed by atoms with Gasteiger partial charge < -0.3 is 5.32 Å². The van der Waals surface area contributed by atoms with Gasteiger partial charge in [0.05, 0.1) is 5.69 Å². The van der Waals surface area contributed by atoms with Crippen molar-refractivity contribution >= 4 is 28.7 Å². The molecule has 0 fully saturated rings. The Morgan fingerprint density at radius 2 is 2.20 bits per heavy atom. The van der Waals surface area contributed by atoms with Crippen molar-refractivity contribution in [2.75, 3.05) is 13.1 Å². The van der Waals surface area contributed by atoms with Crippen LogP contribution in [-0.2, 0) is 7.05 Å². The van der Waals surface area contributed by atoms with Crippen molar-refractivity contribution in [3.05, 3.63) is 28.0 Å². The van der Waals surface area contributed by atoms with Gasteiger partial charge in [-0.1, -0.05) is 37.1 Å². The van der Waals surface area contributed by atoms with Gasteiger partial charge in [0.25, 0.3) is 0 Å². The van der Waals surface area contributed by atoms with Crippen molar-refractivity contribution in [1.82, 2.24) is 20.1 Å². The summed E-state index contributed by atoms with van der Waals surface area (Å²) in [5.74, 6) is 0. The van der Waals surface area contributed by atoms with Crippen molar-refractivity contribution in [2.45, 2.75) is 27.2 Å². The van der Waals surface area contributed by atoms with Gasteiger partial charge in [0.15, 0.2) is 5.65 Å². The third-order valence-electron chi connectivity index (χ3n) is 3.40. The van der Waals surface area contributed by atoms with Crippen molar-refractivity contribution in [3.63, 3.8) is 0 Å². The number of nitrogens with zero attached hydrogens (tertiary/aromatic N) is 3. The minimum atomic E-state index is 0.531. The van der Waals surface area contributed by atoms with Crippen LogP contribution in [0.4, 0.5) is 0 Å². The van der Waals surface area contributed by atoms with E-state index >= 15 is 0 Å². The lowest BCUT2D eigenvalue weighted by Gasteiger charge is -2.07. The molecule has 108 valence electrons. The Morgan fingerprint density at radius 3 is 2.85 bits per heavy atom. The van der Waals surface area contributed by atoms with Crippen LogP contribution >= 0.6 is 11.6 Å². The van der Waals surface area contributed by atoms with E-state index in [9.17, 15) is 0 Å². The van der Waals surface area contributed by atoms with E-state index in [0.29, 0.717) is 5.15 Å². The van der Waals surface area contributed by atoms with Gasteiger partial charge in [-0.25, -0.2) is 4.98 Å². The van der Waals surface area contributed by atoms with E-state index in [-0.39, 0.29) is 0 Å². The maximum absolute atomic E-state index is 6.30. The molecule has 5 heteroatoms. The third-order valence-corrected chi connectivity index (χ3v) is 3.70. The Kier molecular flexibility index (Phi) is 4.78. The quantitative estimate of drug-likeness (QED) is 0.860. The molecule has 0 atom stereocenters. The van der Waals surface area contributed by atoms with Gasteiger partial charge in [-0.05, 0) is 26.0 Å². The second-order valence-corrected chi connectivity index (χ2v) is 5.24. The van der Waals surface area contributed by atoms with Crippen LogP contribution in [0.3, 0.4) is 0 Å². The summed E-state index contributed by atoms with van der Waals surface area (Å²) in [5.41, 5.74) is 4.09. The van der Waals surface area contributed by atoms with Crippen LogP contribution in [0.2, 0.25) is 5.15 Å². The minimum Gasteiger partial charge on any atom is -0.313 e. The molecular weight excluding hydrogens is 272 g/mol. The van der Waals surface area contributed by atoms with E-state index in [1.54, 1.807) is 4.68 Å². The molecule has 0 aromatic carbocycles. The first-order valence-electron chi connectivity index (χ1n) is 6.96. The van der Waals surface area contributed by atoms with Crippen LogP contribution in [-0.4, -0.2) is 27.9 Å². The lowest BCUT2D eigenvalue weighted by molar-refractivity contribution is 0.762. The molecule has 0 amide bonds. The first-order chi connectivity index (χ1) is 9.56. The summed E-state index contributed by atoms with van der Waals surface area (Å²) in [4.78, 5) is 4.46. The summed E-state index contributed by atoms with van der Waals surface area (Å²) in [6, 6.07) is 2.08. The molecule has 0 bridgehead atoms. The number of halogens is 1. The molecule has 2 aromatic rings. The fraction of sp³-hybridized carbons (Fsp3) is 0.467. The molecule has 0 aliphatic rings. The van der Waals surface area contributed by atoms with Crippen LogP contribution in [0.15, 0.2) is 11.6 Å². The Balaban J connectivity index is 2.45. The molecule has 1 N–H and O–H groups in total. The molecule has 4 nitrogen and oxygen atoms in total. The summed E-state index contributed by atoms with van der Waals surface area (Å²) in [6.07, 6.45) is 3.12. The first-order valence-corrected chi connectivity index (χ1v) is 7.34. The van der Waals surface area contributed by atoms with Crippen molar-refractivity contribution in [3.8, 4) is 0 Å². The van der Waals surface area contributed by atoms with E-state index in [2.05, 4.69) is 41.4 Å². The average Bonchev–Trinajstić information content (AvgIpc) is 2.69. The molecule has 20 heavy (non-hydrogen) atoms. The van der Waals surface area contributed by atoms with Gasteiger partial charge in [-0.15, -0.1) is 0 Å². The molecular formula is C15H21ClN4. The standard InChI is InChI=1S/C15H21ClN4/c1-5-11(9-17-6-2)7-12-8-13-10(3)19-20(4)15(13)18-14(12)16/h7-8,17H,5-6,9H2,1-4H3. The number of fused-ring (bicyclic) bond motifs is 1. The normalized spacial score (nSPS) is 12.3. The number of pyridine rings is 1. The topological polar surface area (TPSA) is 42.7 Å². The molecule has 2 rings (SSSR count). The van der Waals surface area contributed by atoms with Gasteiger partial charge in [0.1, 0.15) is 5.15 Å². The van der Waals surface area contributed by atoms with Gasteiger partial charge >= 0.3 is 0 Å². The Morgan fingerprint density at radius 1 is 1.45 bits per heavy atom. The highest BCUT2D eigenvalue weighted by molar-refractivity contribution is 6.31. The zero-order valence-electron chi connectivity index (χ0n) is 12.5. The second-order valence-electron chi connectivity index (χ2n) is 4.89. The predicted molar refractivity (Wildman–Crippen MR) is 85.1 cm³/mol. The second kappa shape index (κ2) is 6.37. The number of aromatic nitrogens is 3. The predicted octanol–water partition coefficient (Wildman–Crippen LogP) is 3.33. The summed E-state index contributed by atoms with van der Waals surface area (Å²) >= 11 is 6.30. The molecule has 0 unspecified atom stereocenters. The third kappa shape index (κ3) is 3.02. The van der Waals surface area contributed by atoms with E-state index in [1.165, 1.54) is 5.57 Å². The summed E-state index contributed by atoms with van der Waals surface area (Å²) in [5, 5.41) is 9.32. The van der Waals surface area contributed by atoms with Gasteiger partial charge in [0.2, 0.25) is 0 Å². The Labute approximate surface area is 124 Å². The first kappa shape index (κ1) is 15.0. The van der Waals surface area contributed by atoms with Crippen LogP contribution in [0.5, 0.6) is 0 Å². The van der Waals surface area contributed by atoms with Crippen LogP contribution in [0.25, 0.3) is 17.1 Å². The number of aryl methyl sites for hydroxylation is 2. The SMILES string of the molecule is CCNCC(=Cc1cc2c(C)nn(C)c2nc1Cl)CC. The van der Waals surface area contributed by atoms with Crippen LogP contribution in [0, 0.1) is 6.92 Å². The molecule has 0 radical (unpaired) electrons. The molecule has 0 spiro atoms. The average molecular weight is 293 g/mol. The zero-order chi connectivity index (χ0) is 14.7. The molecule has 0 saturated carbocycles. The number of nitrogens with one attached hydrogen (secondary N) is 1. The lowest BCUT2D eigenvalue weighted by atomic mass is 10.1. The lowest BCUT2D eigenvalue weighted by Crippen LogP contribution is -2.15. The van der Waals surface area contributed by atoms with Gasteiger partial charge in [-0.2, -0.15) is 5.10 Å². The highest BCUT2D eigenvalue weighted by Crippen LogP contribution is 2.24. The summed E-state index contributed by atoms with van der Waals surface area (Å²) in [6.45, 7) is 8.09. The smallest absolute Gasteiger partial charge is 0.159 e. The zero-order valence-corrected chi connectivity index (χ0v) is 13.3. The van der Waals surface area contributed by atoms with Crippen molar-refractivity contribution < 1.29 is 0 Å². The highest BCUT2D eigenvalue weighted by atomic mass is 35.5. The largest absolute Gasteiger partial charge is 0.313 e. The number of rotatable bonds is 5. The molecule has 2 aromatic heterocycles. The van der Waals surface area contributed by atoms with Crippen molar-refractivity contribution in [2.24, 2.45) is 7.05 Å². The number of likely N-dealkylation sites (N-methyl/N-ethyl adjacent to an activating group) is 1. The maximum Gasteiger partial charge on any atom is 0.159 e. The van der Waals surface area contributed by atoms with Crippen LogP contribution < -0.4 is 5.32 Å². The van der Waals surface area contributed by atoms with E-state index < -0.39 is 0 Å². The minimum absolute atomic E-state index is 0.531. The summed E-state index contributed by atoms with van der Waals surface area (Å²) in [7, 11) is 1.89. The number of hydrogen-bond acceptors (Lipinski definition) is 3. The van der Waals surface area contributed by atoms with Gasteiger partial charge in [0, 0.05) is 24.5 Å². The van der Waals surface area contributed by atoms with E-state index in [1.807, 2.05) is 14.0 Å². The monoisotopic (exact) mass is 292 g/mol. The van der Waals surface area contributed by atoms with Crippen LogP contribution in [0.1, 0.15) is 31.5 Å². The fourth-order valence-corrected chi connectivity index (χ4v) is 2.41. The molecule has 0 aliphatic heterocycles. The summed E-state index contributed by atoms with van der Waals surface area (Å²) < 4.78 is 1.77.